The monoisotopic (exact) mass is 309 g/mol. The average molecular weight is 309 g/mol. The molecule has 0 atom stereocenters. The fourth-order valence-corrected chi connectivity index (χ4v) is 1.91. The van der Waals surface area contributed by atoms with Crippen LogP contribution in [0.15, 0.2) is 60.4 Å². The molecule has 1 aromatic carbocycles. The number of anilines is 1. The van der Waals surface area contributed by atoms with Gasteiger partial charge in [0.15, 0.2) is 0 Å². The van der Waals surface area contributed by atoms with E-state index >= 15 is 0 Å². The lowest BCUT2D eigenvalue weighted by Crippen LogP contribution is -2.20. The van der Waals surface area contributed by atoms with E-state index in [1.165, 1.54) is 6.20 Å². The lowest BCUT2D eigenvalue weighted by Gasteiger charge is -2.07. The third kappa shape index (κ3) is 5.39. The number of aromatic nitrogens is 1. The summed E-state index contributed by atoms with van der Waals surface area (Å²) in [6.07, 6.45) is 4.69. The summed E-state index contributed by atoms with van der Waals surface area (Å²) in [6.45, 7) is 4.19. The van der Waals surface area contributed by atoms with Crippen molar-refractivity contribution in [3.63, 3.8) is 0 Å². The smallest absolute Gasteiger partial charge is 0.257 e. The van der Waals surface area contributed by atoms with E-state index in [0.29, 0.717) is 17.8 Å². The normalized spacial score (nSPS) is 9.83. The van der Waals surface area contributed by atoms with Crippen molar-refractivity contribution < 1.29 is 9.59 Å². The zero-order valence-corrected chi connectivity index (χ0v) is 13.2. The van der Waals surface area contributed by atoms with Crippen molar-refractivity contribution in [2.45, 2.75) is 20.4 Å². The molecule has 0 fully saturated rings. The van der Waals surface area contributed by atoms with Crippen molar-refractivity contribution in [2.24, 2.45) is 0 Å². The fraction of sp³-hybridized carbons (Fsp3) is 0.167. The minimum atomic E-state index is -0.206. The molecule has 2 N–H and O–H groups in total. The third-order valence-corrected chi connectivity index (χ3v) is 3.02. The van der Waals surface area contributed by atoms with Gasteiger partial charge >= 0.3 is 0 Å². The van der Waals surface area contributed by atoms with Gasteiger partial charge in [0.05, 0.1) is 5.56 Å². The van der Waals surface area contributed by atoms with Crippen molar-refractivity contribution in [3.8, 4) is 0 Å². The second kappa shape index (κ2) is 7.89. The fourth-order valence-electron chi connectivity index (χ4n) is 1.91. The number of hydrogen-bond donors (Lipinski definition) is 2. The van der Waals surface area contributed by atoms with Crippen molar-refractivity contribution in [1.29, 1.82) is 0 Å². The maximum absolute atomic E-state index is 12.0. The summed E-state index contributed by atoms with van der Waals surface area (Å²) in [7, 11) is 0. The number of nitrogens with zero attached hydrogens (tertiary/aromatic N) is 1. The summed E-state index contributed by atoms with van der Waals surface area (Å²) in [4.78, 5) is 27.5. The van der Waals surface area contributed by atoms with Gasteiger partial charge in [0.2, 0.25) is 5.91 Å². The van der Waals surface area contributed by atoms with Crippen LogP contribution in [0.3, 0.4) is 0 Å². The number of hydrogen-bond acceptors (Lipinski definition) is 3. The first kappa shape index (κ1) is 16.4. The molecule has 0 bridgehead atoms. The van der Waals surface area contributed by atoms with Crippen molar-refractivity contribution >= 4 is 17.5 Å². The number of rotatable bonds is 5. The summed E-state index contributed by atoms with van der Waals surface area (Å²) in [6, 6.07) is 10.7. The molecule has 118 valence electrons. The Morgan fingerprint density at radius 3 is 2.48 bits per heavy atom. The Kier molecular flexibility index (Phi) is 5.63. The van der Waals surface area contributed by atoms with E-state index < -0.39 is 0 Å². The Morgan fingerprint density at radius 2 is 1.87 bits per heavy atom. The van der Waals surface area contributed by atoms with E-state index in [0.717, 1.165) is 11.1 Å². The summed E-state index contributed by atoms with van der Waals surface area (Å²) >= 11 is 0. The Hall–Kier alpha value is -2.95. The lowest BCUT2D eigenvalue weighted by atomic mass is 10.2. The van der Waals surface area contributed by atoms with Gasteiger partial charge in [-0.2, -0.15) is 0 Å². The molecule has 1 aromatic heterocycles. The molecule has 0 radical (unpaired) electrons. The van der Waals surface area contributed by atoms with E-state index in [1.807, 2.05) is 26.0 Å². The molecular weight excluding hydrogens is 290 g/mol. The molecule has 2 aromatic rings. The molecule has 23 heavy (non-hydrogen) atoms. The summed E-state index contributed by atoms with van der Waals surface area (Å²) < 4.78 is 0. The zero-order valence-electron chi connectivity index (χ0n) is 13.2. The molecule has 2 amide bonds. The highest BCUT2D eigenvalue weighted by molar-refractivity contribution is 6.04. The Bertz CT molecular complexity index is 703. The second-order valence-electron chi connectivity index (χ2n) is 5.33. The van der Waals surface area contributed by atoms with Crippen LogP contribution in [0.25, 0.3) is 0 Å². The molecule has 5 nitrogen and oxygen atoms in total. The van der Waals surface area contributed by atoms with Gasteiger partial charge in [0.1, 0.15) is 0 Å². The lowest BCUT2D eigenvalue weighted by molar-refractivity contribution is -0.116. The van der Waals surface area contributed by atoms with E-state index in [9.17, 15) is 9.59 Å². The van der Waals surface area contributed by atoms with Gasteiger partial charge in [0, 0.05) is 30.7 Å². The number of pyridine rings is 1. The number of benzene rings is 1. The Morgan fingerprint density at radius 1 is 1.13 bits per heavy atom. The molecule has 0 aliphatic rings. The quantitative estimate of drug-likeness (QED) is 0.834. The first-order chi connectivity index (χ1) is 11.0. The molecule has 0 saturated heterocycles. The second-order valence-corrected chi connectivity index (χ2v) is 5.33. The number of amides is 2. The number of carbonyl (C=O) groups is 2. The van der Waals surface area contributed by atoms with Crippen LogP contribution in [0, 0.1) is 0 Å². The SMILES string of the molecule is CC(C)=CC(=O)NCc1ccc(NC(=O)c2cccnc2)cc1. The first-order valence-corrected chi connectivity index (χ1v) is 7.27. The standard InChI is InChI=1S/C18H19N3O2/c1-13(2)10-17(22)20-11-14-5-7-16(8-6-14)21-18(23)15-4-3-9-19-12-15/h3-10,12H,11H2,1-2H3,(H,20,22)(H,21,23). The average Bonchev–Trinajstić information content (AvgIpc) is 2.54. The van der Waals surface area contributed by atoms with E-state index in [1.54, 1.807) is 36.5 Å². The third-order valence-electron chi connectivity index (χ3n) is 3.02. The molecule has 2 rings (SSSR count). The van der Waals surface area contributed by atoms with Crippen LogP contribution >= 0.6 is 0 Å². The van der Waals surface area contributed by atoms with Gasteiger partial charge in [-0.25, -0.2) is 0 Å². The molecule has 0 aliphatic carbocycles. The highest BCUT2D eigenvalue weighted by Gasteiger charge is 2.05. The van der Waals surface area contributed by atoms with Crippen LogP contribution in [0.4, 0.5) is 5.69 Å². The van der Waals surface area contributed by atoms with Gasteiger partial charge in [-0.1, -0.05) is 17.7 Å². The summed E-state index contributed by atoms with van der Waals surface area (Å²) in [5, 5.41) is 5.61. The highest BCUT2D eigenvalue weighted by atomic mass is 16.2. The number of nitrogens with one attached hydrogen (secondary N) is 2. The van der Waals surface area contributed by atoms with E-state index in [-0.39, 0.29) is 11.8 Å². The van der Waals surface area contributed by atoms with Gasteiger partial charge in [0.25, 0.3) is 5.91 Å². The van der Waals surface area contributed by atoms with Crippen molar-refractivity contribution in [2.75, 3.05) is 5.32 Å². The summed E-state index contributed by atoms with van der Waals surface area (Å²) in [5.41, 5.74) is 3.11. The van der Waals surface area contributed by atoms with Crippen LogP contribution in [0.5, 0.6) is 0 Å². The Balaban J connectivity index is 1.91. The van der Waals surface area contributed by atoms with E-state index in [2.05, 4.69) is 15.6 Å². The number of carbonyl (C=O) groups excluding carboxylic acids is 2. The highest BCUT2D eigenvalue weighted by Crippen LogP contribution is 2.11. The van der Waals surface area contributed by atoms with Gasteiger partial charge in [-0.15, -0.1) is 0 Å². The van der Waals surface area contributed by atoms with E-state index in [4.69, 9.17) is 0 Å². The molecule has 0 saturated carbocycles. The topological polar surface area (TPSA) is 71.1 Å². The van der Waals surface area contributed by atoms with Crippen molar-refractivity contribution in [3.05, 3.63) is 71.6 Å². The predicted molar refractivity (Wildman–Crippen MR) is 89.9 cm³/mol. The van der Waals surface area contributed by atoms with Crippen molar-refractivity contribution in [1.82, 2.24) is 10.3 Å². The molecule has 1 heterocycles. The largest absolute Gasteiger partial charge is 0.348 e. The minimum absolute atomic E-state index is 0.112. The maximum atomic E-state index is 12.0. The molecular formula is C18H19N3O2. The van der Waals surface area contributed by atoms with Crippen LogP contribution in [-0.4, -0.2) is 16.8 Å². The van der Waals surface area contributed by atoms with Crippen LogP contribution in [0.1, 0.15) is 29.8 Å². The Labute approximate surface area is 135 Å². The van der Waals surface area contributed by atoms with Gasteiger partial charge in [-0.05, 0) is 43.7 Å². The minimum Gasteiger partial charge on any atom is -0.348 e. The van der Waals surface area contributed by atoms with Crippen LogP contribution in [0.2, 0.25) is 0 Å². The number of allylic oxidation sites excluding steroid dienone is 1. The van der Waals surface area contributed by atoms with Crippen LogP contribution in [-0.2, 0) is 11.3 Å². The summed E-state index contributed by atoms with van der Waals surface area (Å²) in [5.74, 6) is -0.318. The molecule has 0 spiro atoms. The zero-order chi connectivity index (χ0) is 16.7. The van der Waals surface area contributed by atoms with Gasteiger partial charge < -0.3 is 10.6 Å². The maximum Gasteiger partial charge on any atom is 0.257 e. The van der Waals surface area contributed by atoms with Gasteiger partial charge in [-0.3, -0.25) is 14.6 Å². The predicted octanol–water partition coefficient (Wildman–Crippen LogP) is 2.92. The molecule has 0 unspecified atom stereocenters. The molecule has 0 aliphatic heterocycles. The first-order valence-electron chi connectivity index (χ1n) is 7.27. The van der Waals surface area contributed by atoms with Crippen LogP contribution < -0.4 is 10.6 Å². The molecule has 5 heteroatoms.